The fourth-order valence-corrected chi connectivity index (χ4v) is 0.559. The molecule has 1 unspecified atom stereocenters. The van der Waals surface area contributed by atoms with Crippen LogP contribution in [0.25, 0.3) is 0 Å². The number of allylic oxidation sites excluding steroid dienone is 1. The molecule has 37 valence electrons. The van der Waals surface area contributed by atoms with Gasteiger partial charge in [0.1, 0.15) is 0 Å². The number of hydrogen-bond donors (Lipinski definition) is 0. The van der Waals surface area contributed by atoms with Crippen molar-refractivity contribution in [3.63, 3.8) is 0 Å². The van der Waals surface area contributed by atoms with Gasteiger partial charge in [-0.25, -0.2) is 0 Å². The molecule has 0 amide bonds. The zero-order chi connectivity index (χ0) is 5.11. The Morgan fingerprint density at radius 3 is 2.86 bits per heavy atom. The van der Waals surface area contributed by atoms with Gasteiger partial charge in [0.2, 0.25) is 0 Å². The van der Waals surface area contributed by atoms with Crippen LogP contribution in [0, 0.1) is 6.92 Å². The lowest BCUT2D eigenvalue weighted by Gasteiger charge is -1.93. The fraction of sp³-hybridized carbons (Fsp3) is 0.333. The second-order valence-electron chi connectivity index (χ2n) is 1.54. The van der Waals surface area contributed by atoms with Crippen LogP contribution in [0.4, 0.5) is 0 Å². The number of aliphatic imine (C=N–C) groups is 1. The average molecular weight is 94.1 g/mol. The Hall–Kier alpha value is -0.590. The fourth-order valence-electron chi connectivity index (χ4n) is 0.559. The summed E-state index contributed by atoms with van der Waals surface area (Å²) in [5.41, 5.74) is 0. The van der Waals surface area contributed by atoms with Crippen molar-refractivity contribution in [2.45, 2.75) is 12.5 Å². The molecule has 1 atom stereocenters. The van der Waals surface area contributed by atoms with Gasteiger partial charge in [-0.1, -0.05) is 13.0 Å². The van der Waals surface area contributed by atoms with Crippen LogP contribution in [0.1, 0.15) is 6.42 Å². The van der Waals surface area contributed by atoms with Gasteiger partial charge in [-0.2, -0.15) is 0 Å². The topological polar surface area (TPSA) is 12.4 Å². The average Bonchev–Trinajstić information content (AvgIpc) is 2.14. The first-order valence-corrected chi connectivity index (χ1v) is 2.42. The molecule has 0 fully saturated rings. The van der Waals surface area contributed by atoms with Crippen LogP contribution in [0.2, 0.25) is 0 Å². The van der Waals surface area contributed by atoms with Crippen molar-refractivity contribution in [3.8, 4) is 0 Å². The van der Waals surface area contributed by atoms with Crippen molar-refractivity contribution in [2.24, 2.45) is 4.99 Å². The minimum Gasteiger partial charge on any atom is -0.286 e. The first kappa shape index (κ1) is 4.57. The smallest absolute Gasteiger partial charge is 0.0683 e. The van der Waals surface area contributed by atoms with Crippen LogP contribution in [0.3, 0.4) is 0 Å². The number of rotatable bonds is 1. The Bertz CT molecular complexity index is 90.7. The quantitative estimate of drug-likeness (QED) is 0.463. The number of nitrogens with zero attached hydrogens (tertiary/aromatic N) is 1. The lowest BCUT2D eigenvalue weighted by Crippen LogP contribution is -1.91. The molecule has 1 heterocycles. The van der Waals surface area contributed by atoms with Crippen molar-refractivity contribution < 1.29 is 0 Å². The maximum atomic E-state index is 4.06. The Morgan fingerprint density at radius 1 is 1.71 bits per heavy atom. The molecule has 1 aliphatic heterocycles. The summed E-state index contributed by atoms with van der Waals surface area (Å²) in [6.45, 7) is 3.70. The predicted molar refractivity (Wildman–Crippen MR) is 31.4 cm³/mol. The van der Waals surface area contributed by atoms with Crippen LogP contribution < -0.4 is 0 Å². The second kappa shape index (κ2) is 1.92. The third-order valence-corrected chi connectivity index (χ3v) is 0.993. The highest BCUT2D eigenvalue weighted by Crippen LogP contribution is 2.01. The summed E-state index contributed by atoms with van der Waals surface area (Å²) in [6, 6.07) is 0.375. The van der Waals surface area contributed by atoms with Crippen LogP contribution in [-0.2, 0) is 0 Å². The molecular formula is C6H8N. The number of hydrogen-bond acceptors (Lipinski definition) is 1. The normalized spacial score (nSPS) is 26.7. The van der Waals surface area contributed by atoms with Crippen molar-refractivity contribution in [1.82, 2.24) is 0 Å². The van der Waals surface area contributed by atoms with Crippen molar-refractivity contribution in [2.75, 3.05) is 0 Å². The summed E-state index contributed by atoms with van der Waals surface area (Å²) < 4.78 is 0. The van der Waals surface area contributed by atoms with Gasteiger partial charge in [-0.05, 0) is 12.5 Å². The standard InChI is InChI=1S/C6H8N/c1-2-6-4-3-5-7-6/h3-6H,1-2H2. The van der Waals surface area contributed by atoms with Crippen molar-refractivity contribution >= 4 is 6.21 Å². The van der Waals surface area contributed by atoms with Crippen LogP contribution in [0.5, 0.6) is 0 Å². The molecule has 1 nitrogen and oxygen atoms in total. The van der Waals surface area contributed by atoms with E-state index in [1.807, 2.05) is 18.4 Å². The van der Waals surface area contributed by atoms with E-state index in [1.165, 1.54) is 0 Å². The molecule has 1 radical (unpaired) electrons. The minimum absolute atomic E-state index is 0.375. The summed E-state index contributed by atoms with van der Waals surface area (Å²) in [7, 11) is 0. The maximum Gasteiger partial charge on any atom is 0.0683 e. The van der Waals surface area contributed by atoms with Gasteiger partial charge < -0.3 is 0 Å². The maximum absolute atomic E-state index is 4.06. The first-order valence-electron chi connectivity index (χ1n) is 2.42. The minimum atomic E-state index is 0.375. The lowest BCUT2D eigenvalue weighted by atomic mass is 10.2. The van der Waals surface area contributed by atoms with Gasteiger partial charge in [0, 0.05) is 6.21 Å². The molecule has 0 spiro atoms. The summed E-state index contributed by atoms with van der Waals surface area (Å²) in [4.78, 5) is 4.06. The van der Waals surface area contributed by atoms with Gasteiger partial charge in [0.05, 0.1) is 6.04 Å². The third-order valence-electron chi connectivity index (χ3n) is 0.993. The second-order valence-corrected chi connectivity index (χ2v) is 1.54. The van der Waals surface area contributed by atoms with Crippen LogP contribution >= 0.6 is 0 Å². The van der Waals surface area contributed by atoms with Crippen molar-refractivity contribution in [3.05, 3.63) is 19.1 Å². The molecule has 7 heavy (non-hydrogen) atoms. The molecule has 0 saturated heterocycles. The van der Waals surface area contributed by atoms with Crippen LogP contribution in [-0.4, -0.2) is 12.3 Å². The van der Waals surface area contributed by atoms with E-state index in [0.29, 0.717) is 6.04 Å². The zero-order valence-corrected chi connectivity index (χ0v) is 4.17. The first-order chi connectivity index (χ1) is 3.43. The van der Waals surface area contributed by atoms with E-state index in [4.69, 9.17) is 0 Å². The monoisotopic (exact) mass is 94.1 g/mol. The molecule has 1 rings (SSSR count). The van der Waals surface area contributed by atoms with E-state index in [-0.39, 0.29) is 0 Å². The lowest BCUT2D eigenvalue weighted by molar-refractivity contribution is 0.851. The zero-order valence-electron chi connectivity index (χ0n) is 4.17. The molecule has 0 N–H and O–H groups in total. The molecule has 0 bridgehead atoms. The summed E-state index contributed by atoms with van der Waals surface area (Å²) in [5, 5.41) is 0. The highest BCUT2D eigenvalue weighted by molar-refractivity contribution is 5.74. The third kappa shape index (κ3) is 0.889. The van der Waals surface area contributed by atoms with Crippen LogP contribution in [0.15, 0.2) is 17.1 Å². The van der Waals surface area contributed by atoms with E-state index in [1.54, 1.807) is 0 Å². The summed E-state index contributed by atoms with van der Waals surface area (Å²) in [6.07, 6.45) is 6.70. The van der Waals surface area contributed by atoms with Gasteiger partial charge >= 0.3 is 0 Å². The van der Waals surface area contributed by atoms with E-state index in [0.717, 1.165) is 6.42 Å². The highest BCUT2D eigenvalue weighted by Gasteiger charge is 1.97. The molecular weight excluding hydrogens is 86.1 g/mol. The molecule has 0 aromatic heterocycles. The van der Waals surface area contributed by atoms with Gasteiger partial charge in [0.25, 0.3) is 0 Å². The molecule has 0 aliphatic carbocycles. The van der Waals surface area contributed by atoms with E-state index in [2.05, 4.69) is 11.9 Å². The van der Waals surface area contributed by atoms with Gasteiger partial charge in [-0.3, -0.25) is 4.99 Å². The molecule has 1 heteroatoms. The van der Waals surface area contributed by atoms with E-state index >= 15 is 0 Å². The van der Waals surface area contributed by atoms with Gasteiger partial charge in [-0.15, -0.1) is 0 Å². The molecule has 0 saturated carbocycles. The van der Waals surface area contributed by atoms with E-state index in [9.17, 15) is 0 Å². The summed E-state index contributed by atoms with van der Waals surface area (Å²) in [5.74, 6) is 0. The van der Waals surface area contributed by atoms with Gasteiger partial charge in [0.15, 0.2) is 0 Å². The van der Waals surface area contributed by atoms with E-state index < -0.39 is 0 Å². The summed E-state index contributed by atoms with van der Waals surface area (Å²) >= 11 is 0. The Morgan fingerprint density at radius 2 is 2.57 bits per heavy atom. The largest absolute Gasteiger partial charge is 0.286 e. The Balaban J connectivity index is 2.44. The van der Waals surface area contributed by atoms with Crippen molar-refractivity contribution in [1.29, 1.82) is 0 Å². The molecule has 1 aliphatic rings. The Kier molecular flexibility index (Phi) is 1.25. The molecule has 0 aromatic rings. The Labute approximate surface area is 43.8 Å². The highest BCUT2D eigenvalue weighted by atomic mass is 14.8. The predicted octanol–water partition coefficient (Wildman–Crippen LogP) is 1.22. The SMILES string of the molecule is [CH2]CC1C=CC=N1. The molecule has 0 aromatic carbocycles.